The van der Waals surface area contributed by atoms with Crippen molar-refractivity contribution in [1.82, 2.24) is 24.1 Å². The van der Waals surface area contributed by atoms with Crippen LogP contribution in [0.15, 0.2) is 23.5 Å². The molecule has 1 fully saturated rings. The monoisotopic (exact) mass is 337 g/mol. The van der Waals surface area contributed by atoms with Gasteiger partial charge in [0, 0.05) is 25.9 Å². The first kappa shape index (κ1) is 15.9. The third kappa shape index (κ3) is 2.93. The second kappa shape index (κ2) is 5.89. The Hall–Kier alpha value is -2.00. The molecule has 8 nitrogen and oxygen atoms in total. The molecular formula is C14H19N5O3S. The van der Waals surface area contributed by atoms with Crippen molar-refractivity contribution in [1.29, 1.82) is 0 Å². The molecule has 1 aliphatic heterocycles. The van der Waals surface area contributed by atoms with Crippen LogP contribution in [-0.4, -0.2) is 51.7 Å². The van der Waals surface area contributed by atoms with E-state index in [-0.39, 0.29) is 6.10 Å². The van der Waals surface area contributed by atoms with Crippen molar-refractivity contribution in [3.8, 4) is 5.88 Å². The summed E-state index contributed by atoms with van der Waals surface area (Å²) in [7, 11) is -1.82. The molecule has 0 spiro atoms. The van der Waals surface area contributed by atoms with Gasteiger partial charge < -0.3 is 4.74 Å². The Morgan fingerprint density at radius 1 is 1.35 bits per heavy atom. The summed E-state index contributed by atoms with van der Waals surface area (Å²) in [6.45, 7) is 4.20. The van der Waals surface area contributed by atoms with Crippen LogP contribution in [0.5, 0.6) is 5.88 Å². The highest BCUT2D eigenvalue weighted by atomic mass is 32.2. The zero-order chi connectivity index (χ0) is 16.6. The summed E-state index contributed by atoms with van der Waals surface area (Å²) >= 11 is 0. The van der Waals surface area contributed by atoms with E-state index in [9.17, 15) is 8.42 Å². The Labute approximate surface area is 135 Å². The summed E-state index contributed by atoms with van der Waals surface area (Å²) in [4.78, 5) is 8.13. The first-order valence-electron chi connectivity index (χ1n) is 7.32. The highest BCUT2D eigenvalue weighted by molar-refractivity contribution is 7.89. The molecule has 1 atom stereocenters. The molecule has 2 aromatic rings. The van der Waals surface area contributed by atoms with Crippen LogP contribution in [0, 0.1) is 13.8 Å². The van der Waals surface area contributed by atoms with Crippen molar-refractivity contribution in [2.45, 2.75) is 31.3 Å². The topological polar surface area (TPSA) is 90.2 Å². The van der Waals surface area contributed by atoms with Crippen molar-refractivity contribution < 1.29 is 13.2 Å². The van der Waals surface area contributed by atoms with E-state index in [2.05, 4.69) is 15.1 Å². The van der Waals surface area contributed by atoms with E-state index in [1.54, 1.807) is 37.8 Å². The molecule has 23 heavy (non-hydrogen) atoms. The van der Waals surface area contributed by atoms with Gasteiger partial charge in [0.2, 0.25) is 15.9 Å². The zero-order valence-electron chi connectivity index (χ0n) is 13.3. The molecule has 1 aliphatic rings. The molecule has 0 N–H and O–H groups in total. The summed E-state index contributed by atoms with van der Waals surface area (Å²) in [5.74, 6) is 0.456. The van der Waals surface area contributed by atoms with E-state index >= 15 is 0 Å². The minimum Gasteiger partial charge on any atom is -0.473 e. The maximum atomic E-state index is 12.9. The van der Waals surface area contributed by atoms with E-state index in [1.165, 1.54) is 10.6 Å². The summed E-state index contributed by atoms with van der Waals surface area (Å²) in [5, 5.41) is 4.20. The minimum atomic E-state index is -3.57. The van der Waals surface area contributed by atoms with Gasteiger partial charge in [-0.2, -0.15) is 9.40 Å². The Balaban J connectivity index is 1.78. The molecule has 0 aromatic carbocycles. The standard InChI is InChI=1S/C14H19N5O3S/c1-10-14(11(2)18(3)17-10)23(20,21)19-7-5-12(8-19)22-13-4-6-15-9-16-13/h4,6,9,12H,5,7-8H2,1-3H3/t12-/m0/s1. The number of aromatic nitrogens is 4. The van der Waals surface area contributed by atoms with E-state index in [0.29, 0.717) is 41.7 Å². The Morgan fingerprint density at radius 3 is 2.74 bits per heavy atom. The second-order valence-corrected chi connectivity index (χ2v) is 7.44. The van der Waals surface area contributed by atoms with Crippen LogP contribution in [0.2, 0.25) is 0 Å². The molecule has 2 aromatic heterocycles. The maximum absolute atomic E-state index is 12.9. The lowest BCUT2D eigenvalue weighted by atomic mass is 10.3. The summed E-state index contributed by atoms with van der Waals surface area (Å²) in [6, 6.07) is 1.66. The molecular weight excluding hydrogens is 318 g/mol. The van der Waals surface area contributed by atoms with Gasteiger partial charge in [0.05, 0.1) is 17.9 Å². The molecule has 3 heterocycles. The molecule has 0 amide bonds. The number of hydrogen-bond acceptors (Lipinski definition) is 6. The second-order valence-electron chi connectivity index (χ2n) is 5.56. The lowest BCUT2D eigenvalue weighted by Crippen LogP contribution is -2.31. The first-order valence-corrected chi connectivity index (χ1v) is 8.76. The fourth-order valence-corrected chi connectivity index (χ4v) is 4.67. The molecule has 124 valence electrons. The lowest BCUT2D eigenvalue weighted by Gasteiger charge is -2.17. The third-order valence-electron chi connectivity index (χ3n) is 3.99. The molecule has 1 saturated heterocycles. The summed E-state index contributed by atoms with van der Waals surface area (Å²) in [6.07, 6.45) is 3.41. The number of hydrogen-bond donors (Lipinski definition) is 0. The van der Waals surface area contributed by atoms with Crippen LogP contribution < -0.4 is 4.74 Å². The predicted molar refractivity (Wildman–Crippen MR) is 82.5 cm³/mol. The smallest absolute Gasteiger partial charge is 0.246 e. The van der Waals surface area contributed by atoms with Crippen LogP contribution in [-0.2, 0) is 17.1 Å². The average molecular weight is 337 g/mol. The Kier molecular flexibility index (Phi) is 4.07. The van der Waals surface area contributed by atoms with Gasteiger partial charge in [0.1, 0.15) is 17.3 Å². The number of sulfonamides is 1. The van der Waals surface area contributed by atoms with E-state index in [1.807, 2.05) is 0 Å². The van der Waals surface area contributed by atoms with Gasteiger partial charge in [-0.15, -0.1) is 0 Å². The number of ether oxygens (including phenoxy) is 1. The normalized spacial score (nSPS) is 19.2. The number of rotatable bonds is 4. The Morgan fingerprint density at radius 2 is 2.13 bits per heavy atom. The van der Waals surface area contributed by atoms with Crippen molar-refractivity contribution >= 4 is 10.0 Å². The largest absolute Gasteiger partial charge is 0.473 e. The summed E-state index contributed by atoms with van der Waals surface area (Å²) in [5.41, 5.74) is 1.16. The molecule has 9 heteroatoms. The van der Waals surface area contributed by atoms with Crippen LogP contribution >= 0.6 is 0 Å². The third-order valence-corrected chi connectivity index (χ3v) is 6.11. The first-order chi connectivity index (χ1) is 10.9. The van der Waals surface area contributed by atoms with Crippen molar-refractivity contribution in [3.63, 3.8) is 0 Å². The average Bonchev–Trinajstić information content (AvgIpc) is 3.06. The van der Waals surface area contributed by atoms with Gasteiger partial charge in [0.15, 0.2) is 0 Å². The van der Waals surface area contributed by atoms with Gasteiger partial charge in [-0.1, -0.05) is 0 Å². The maximum Gasteiger partial charge on any atom is 0.246 e. The molecule has 0 aliphatic carbocycles. The van der Waals surface area contributed by atoms with E-state index in [4.69, 9.17) is 4.74 Å². The van der Waals surface area contributed by atoms with Gasteiger partial charge >= 0.3 is 0 Å². The molecule has 0 bridgehead atoms. The molecule has 3 rings (SSSR count). The van der Waals surface area contributed by atoms with Crippen LogP contribution in [0.3, 0.4) is 0 Å². The minimum absolute atomic E-state index is 0.211. The van der Waals surface area contributed by atoms with Gasteiger partial charge in [-0.3, -0.25) is 4.68 Å². The van der Waals surface area contributed by atoms with Gasteiger partial charge in [0.25, 0.3) is 0 Å². The van der Waals surface area contributed by atoms with Crippen LogP contribution in [0.4, 0.5) is 0 Å². The fourth-order valence-electron chi connectivity index (χ4n) is 2.79. The van der Waals surface area contributed by atoms with Crippen molar-refractivity contribution in [3.05, 3.63) is 30.0 Å². The fraction of sp³-hybridized carbons (Fsp3) is 0.500. The van der Waals surface area contributed by atoms with Gasteiger partial charge in [-0.05, 0) is 20.3 Å². The molecule has 0 unspecified atom stereocenters. The van der Waals surface area contributed by atoms with Crippen LogP contribution in [0.1, 0.15) is 17.8 Å². The number of nitrogens with zero attached hydrogens (tertiary/aromatic N) is 5. The van der Waals surface area contributed by atoms with Gasteiger partial charge in [-0.25, -0.2) is 18.4 Å². The van der Waals surface area contributed by atoms with E-state index < -0.39 is 10.0 Å². The summed E-state index contributed by atoms with van der Waals surface area (Å²) < 4.78 is 34.5. The quantitative estimate of drug-likeness (QED) is 0.814. The van der Waals surface area contributed by atoms with Crippen LogP contribution in [0.25, 0.3) is 0 Å². The molecule has 0 radical (unpaired) electrons. The highest BCUT2D eigenvalue weighted by Crippen LogP contribution is 2.27. The highest BCUT2D eigenvalue weighted by Gasteiger charge is 2.36. The SMILES string of the molecule is Cc1nn(C)c(C)c1S(=O)(=O)N1CC[C@H](Oc2ccncn2)C1. The zero-order valence-corrected chi connectivity index (χ0v) is 14.1. The molecule has 0 saturated carbocycles. The predicted octanol–water partition coefficient (Wildman–Crippen LogP) is 0.669. The lowest BCUT2D eigenvalue weighted by molar-refractivity contribution is 0.206. The van der Waals surface area contributed by atoms with E-state index in [0.717, 1.165) is 0 Å². The van der Waals surface area contributed by atoms with Crippen molar-refractivity contribution in [2.75, 3.05) is 13.1 Å². The number of aryl methyl sites for hydroxylation is 2. The Bertz CT molecular complexity index is 803. The van der Waals surface area contributed by atoms with Crippen molar-refractivity contribution in [2.24, 2.45) is 7.05 Å².